The molecule has 6 heteroatoms. The van der Waals surface area contributed by atoms with Gasteiger partial charge in [-0.2, -0.15) is 18.3 Å². The Hall–Kier alpha value is -1.59. The molecule has 0 bridgehead atoms. The van der Waals surface area contributed by atoms with E-state index >= 15 is 0 Å². The fourth-order valence-electron chi connectivity index (χ4n) is 1.98. The van der Waals surface area contributed by atoms with Gasteiger partial charge in [0.1, 0.15) is 12.0 Å². The average Bonchev–Trinajstić information content (AvgIpc) is 2.54. The summed E-state index contributed by atoms with van der Waals surface area (Å²) in [5.41, 5.74) is 0.455. The van der Waals surface area contributed by atoms with Crippen molar-refractivity contribution in [2.24, 2.45) is 0 Å². The lowest BCUT2D eigenvalue weighted by molar-refractivity contribution is -0.141. The van der Waals surface area contributed by atoms with Gasteiger partial charge in [0.2, 0.25) is 0 Å². The summed E-state index contributed by atoms with van der Waals surface area (Å²) in [5.74, 6) is 0.407. The second-order valence-electron chi connectivity index (χ2n) is 4.34. The topological polar surface area (TPSA) is 30.2 Å². The third-order valence-electron chi connectivity index (χ3n) is 3.19. The lowest BCUT2D eigenvalue weighted by Crippen LogP contribution is -2.09. The fraction of sp³-hybridized carbons (Fsp3) is 0.455. The molecule has 3 nitrogen and oxygen atoms in total. The van der Waals surface area contributed by atoms with Crippen LogP contribution in [0, 0.1) is 0 Å². The van der Waals surface area contributed by atoms with E-state index in [0.717, 1.165) is 30.9 Å². The average molecular weight is 241 g/mol. The molecule has 0 N–H and O–H groups in total. The van der Waals surface area contributed by atoms with Crippen molar-refractivity contribution < 1.29 is 13.2 Å². The Morgan fingerprint density at radius 1 is 1.24 bits per heavy atom. The Bertz CT molecular complexity index is 555. The Labute approximate surface area is 95.3 Å². The number of hydrogen-bond acceptors (Lipinski definition) is 2. The molecule has 1 aliphatic carbocycles. The van der Waals surface area contributed by atoms with Gasteiger partial charge in [-0.3, -0.25) is 0 Å². The maximum Gasteiger partial charge on any atom is 0.433 e. The Morgan fingerprint density at radius 2 is 2.00 bits per heavy atom. The van der Waals surface area contributed by atoms with Crippen molar-refractivity contribution in [2.75, 3.05) is 0 Å². The molecule has 1 saturated carbocycles. The quantitative estimate of drug-likeness (QED) is 0.768. The van der Waals surface area contributed by atoms with E-state index in [1.54, 1.807) is 6.07 Å². The molecule has 2 aromatic heterocycles. The highest BCUT2D eigenvalue weighted by atomic mass is 19.4. The molecule has 17 heavy (non-hydrogen) atoms. The second kappa shape index (κ2) is 3.45. The molecule has 90 valence electrons. The van der Waals surface area contributed by atoms with Crippen molar-refractivity contribution in [3.63, 3.8) is 0 Å². The summed E-state index contributed by atoms with van der Waals surface area (Å²) in [5, 5.41) is 4.24. The maximum absolute atomic E-state index is 12.5. The van der Waals surface area contributed by atoms with E-state index in [-0.39, 0.29) is 0 Å². The number of nitrogens with zero attached hydrogens (tertiary/aromatic N) is 3. The van der Waals surface area contributed by atoms with E-state index in [9.17, 15) is 13.2 Å². The van der Waals surface area contributed by atoms with Crippen LogP contribution in [0.25, 0.3) is 5.52 Å². The van der Waals surface area contributed by atoms with E-state index in [0.29, 0.717) is 11.4 Å². The fourth-order valence-corrected chi connectivity index (χ4v) is 1.98. The van der Waals surface area contributed by atoms with Crippen molar-refractivity contribution >= 4 is 5.52 Å². The predicted octanol–water partition coefficient (Wildman–Crippen LogP) is 3.02. The summed E-state index contributed by atoms with van der Waals surface area (Å²) >= 11 is 0. The van der Waals surface area contributed by atoms with Crippen LogP contribution in [0.1, 0.15) is 36.6 Å². The third-order valence-corrected chi connectivity index (χ3v) is 3.19. The van der Waals surface area contributed by atoms with E-state index in [1.165, 1.54) is 10.9 Å². The third kappa shape index (κ3) is 1.77. The summed E-state index contributed by atoms with van der Waals surface area (Å²) in [4.78, 5) is 3.37. The molecular formula is C11H10F3N3. The highest BCUT2D eigenvalue weighted by Crippen LogP contribution is 2.36. The van der Waals surface area contributed by atoms with Crippen LogP contribution in [-0.4, -0.2) is 14.6 Å². The maximum atomic E-state index is 12.5. The lowest BCUT2D eigenvalue weighted by atomic mass is 9.83. The van der Waals surface area contributed by atoms with Crippen LogP contribution in [-0.2, 0) is 6.18 Å². The van der Waals surface area contributed by atoms with Gasteiger partial charge in [-0.25, -0.2) is 9.50 Å². The second-order valence-corrected chi connectivity index (χ2v) is 4.34. The minimum Gasteiger partial charge on any atom is -0.232 e. The van der Waals surface area contributed by atoms with Crippen LogP contribution in [0.15, 0.2) is 18.5 Å². The van der Waals surface area contributed by atoms with Gasteiger partial charge in [-0.05, 0) is 25.0 Å². The zero-order chi connectivity index (χ0) is 12.0. The summed E-state index contributed by atoms with van der Waals surface area (Å²) in [6, 6.07) is 2.76. The van der Waals surface area contributed by atoms with Crippen molar-refractivity contribution in [2.45, 2.75) is 31.4 Å². The van der Waals surface area contributed by atoms with Crippen molar-refractivity contribution in [3.8, 4) is 0 Å². The van der Waals surface area contributed by atoms with E-state index < -0.39 is 11.9 Å². The number of alkyl halides is 3. The molecule has 0 saturated heterocycles. The standard InChI is InChI=1S/C11H10F3N3/c12-11(13,14)10-5-8-4-9(7-2-1-3-7)16-17(8)6-15-10/h4-7H,1-3H2. The van der Waals surface area contributed by atoms with Crippen LogP contribution >= 0.6 is 0 Å². The first-order valence-corrected chi connectivity index (χ1v) is 5.46. The van der Waals surface area contributed by atoms with Crippen LogP contribution in [0.5, 0.6) is 0 Å². The Balaban J connectivity index is 2.04. The molecule has 2 aromatic rings. The monoisotopic (exact) mass is 241 g/mol. The van der Waals surface area contributed by atoms with Crippen LogP contribution < -0.4 is 0 Å². The van der Waals surface area contributed by atoms with Gasteiger partial charge in [0.05, 0.1) is 11.2 Å². The number of aromatic nitrogens is 3. The van der Waals surface area contributed by atoms with Crippen molar-refractivity contribution in [1.29, 1.82) is 0 Å². The normalized spacial score (nSPS) is 17.4. The number of hydrogen-bond donors (Lipinski definition) is 0. The molecule has 3 rings (SSSR count). The molecule has 0 amide bonds. The van der Waals surface area contributed by atoms with Gasteiger partial charge in [0.15, 0.2) is 0 Å². The highest BCUT2D eigenvalue weighted by Gasteiger charge is 2.33. The molecule has 0 aromatic carbocycles. The molecule has 0 aliphatic heterocycles. The van der Waals surface area contributed by atoms with E-state index in [4.69, 9.17) is 0 Å². The Kier molecular flexibility index (Phi) is 2.14. The molecule has 0 radical (unpaired) electrons. The van der Waals surface area contributed by atoms with Gasteiger partial charge < -0.3 is 0 Å². The lowest BCUT2D eigenvalue weighted by Gasteiger charge is -2.22. The van der Waals surface area contributed by atoms with Gasteiger partial charge in [0, 0.05) is 5.92 Å². The summed E-state index contributed by atoms with van der Waals surface area (Å²) in [7, 11) is 0. The summed E-state index contributed by atoms with van der Waals surface area (Å²) in [6.07, 6.45) is 0.0421. The van der Waals surface area contributed by atoms with E-state index in [1.807, 2.05) is 0 Å². The smallest absolute Gasteiger partial charge is 0.232 e. The molecule has 2 heterocycles. The zero-order valence-electron chi connectivity index (χ0n) is 8.91. The molecule has 0 atom stereocenters. The Morgan fingerprint density at radius 3 is 2.59 bits per heavy atom. The largest absolute Gasteiger partial charge is 0.433 e. The summed E-state index contributed by atoms with van der Waals surface area (Å²) < 4.78 is 38.8. The molecular weight excluding hydrogens is 231 g/mol. The first-order valence-electron chi connectivity index (χ1n) is 5.46. The number of halogens is 3. The van der Waals surface area contributed by atoms with Crippen molar-refractivity contribution in [3.05, 3.63) is 29.8 Å². The van der Waals surface area contributed by atoms with Gasteiger partial charge in [-0.1, -0.05) is 6.42 Å². The highest BCUT2D eigenvalue weighted by molar-refractivity contribution is 5.49. The molecule has 0 unspecified atom stereocenters. The SMILES string of the molecule is FC(F)(F)c1cc2cc(C3CCC3)nn2cn1. The van der Waals surface area contributed by atoms with Crippen LogP contribution in [0.2, 0.25) is 0 Å². The van der Waals surface area contributed by atoms with Crippen molar-refractivity contribution in [1.82, 2.24) is 14.6 Å². The predicted molar refractivity (Wildman–Crippen MR) is 54.6 cm³/mol. The molecule has 0 spiro atoms. The molecule has 1 fully saturated rings. The first kappa shape index (κ1) is 10.6. The first-order chi connectivity index (χ1) is 8.04. The number of rotatable bonds is 1. The minimum atomic E-state index is -4.40. The minimum absolute atomic E-state index is 0.407. The zero-order valence-corrected chi connectivity index (χ0v) is 8.91. The summed E-state index contributed by atoms with van der Waals surface area (Å²) in [6.45, 7) is 0. The number of fused-ring (bicyclic) bond motifs is 1. The van der Waals surface area contributed by atoms with Crippen LogP contribution in [0.4, 0.5) is 13.2 Å². The van der Waals surface area contributed by atoms with Crippen LogP contribution in [0.3, 0.4) is 0 Å². The van der Waals surface area contributed by atoms with Gasteiger partial charge in [-0.15, -0.1) is 0 Å². The molecule has 1 aliphatic rings. The van der Waals surface area contributed by atoms with E-state index in [2.05, 4.69) is 10.1 Å². The van der Waals surface area contributed by atoms with Gasteiger partial charge in [0.25, 0.3) is 0 Å². The van der Waals surface area contributed by atoms with Gasteiger partial charge >= 0.3 is 6.18 Å².